The Hall–Kier alpha value is -3.46. The lowest BCUT2D eigenvalue weighted by Gasteiger charge is -2.18. The van der Waals surface area contributed by atoms with E-state index in [1.165, 1.54) is 25.3 Å². The molecule has 3 aromatic rings. The number of hydrogen-bond donors (Lipinski definition) is 2. The average Bonchev–Trinajstić information content (AvgIpc) is 2.76. The largest absolute Gasteiger partial charge is 0.481 e. The van der Waals surface area contributed by atoms with Crippen LogP contribution in [-0.4, -0.2) is 30.9 Å². The summed E-state index contributed by atoms with van der Waals surface area (Å²) in [7, 11) is 0. The van der Waals surface area contributed by atoms with Gasteiger partial charge in [0.2, 0.25) is 5.95 Å². The van der Waals surface area contributed by atoms with Crippen LogP contribution in [-0.2, 0) is 24.3 Å². The van der Waals surface area contributed by atoms with E-state index in [-0.39, 0.29) is 25.5 Å². The second kappa shape index (κ2) is 10.4. The zero-order valence-corrected chi connectivity index (χ0v) is 20.8. The van der Waals surface area contributed by atoms with E-state index >= 15 is 0 Å². The summed E-state index contributed by atoms with van der Waals surface area (Å²) in [5, 5.41) is 12.5. The number of rotatable bonds is 9. The highest BCUT2D eigenvalue weighted by molar-refractivity contribution is 6.31. The van der Waals surface area contributed by atoms with Gasteiger partial charge in [-0.15, -0.1) is 0 Å². The lowest BCUT2D eigenvalue weighted by atomic mass is 10.00. The van der Waals surface area contributed by atoms with E-state index in [9.17, 15) is 23.9 Å². The molecule has 0 bridgehead atoms. The number of halogens is 2. The Kier molecular flexibility index (Phi) is 7.80. The molecule has 10 heteroatoms. The van der Waals surface area contributed by atoms with Gasteiger partial charge in [-0.2, -0.15) is 4.98 Å². The standard InChI is InChI=1S/C25H28ClFN4O4/c1-15-5-7-17(8-6-15)14-30-22(29-23(34)31(24(30)35)13-16(2)21(32)33)28-19-10-9-18(20(26)11-19)12-25(3,4)27/h5-11,16H,12-14H2,1-4H3,(H,32,33)(H,28,29,34). The smallest absolute Gasteiger partial charge is 0.354 e. The third kappa shape index (κ3) is 6.79. The van der Waals surface area contributed by atoms with Crippen molar-refractivity contribution in [2.45, 2.75) is 52.9 Å². The van der Waals surface area contributed by atoms with E-state index in [0.717, 1.165) is 15.7 Å². The second-order valence-electron chi connectivity index (χ2n) is 9.25. The topological polar surface area (TPSA) is 106 Å². The molecule has 1 atom stereocenters. The Balaban J connectivity index is 2.05. The fourth-order valence-electron chi connectivity index (χ4n) is 3.50. The molecule has 0 aliphatic heterocycles. The number of benzene rings is 2. The normalized spacial score (nSPS) is 12.4. The zero-order valence-electron chi connectivity index (χ0n) is 20.0. The van der Waals surface area contributed by atoms with E-state index < -0.39 is 28.9 Å². The number of alkyl halides is 1. The van der Waals surface area contributed by atoms with Crippen LogP contribution < -0.4 is 16.7 Å². The zero-order chi connectivity index (χ0) is 25.9. The van der Waals surface area contributed by atoms with Gasteiger partial charge in [0.1, 0.15) is 5.67 Å². The molecule has 186 valence electrons. The Labute approximate surface area is 207 Å². The van der Waals surface area contributed by atoms with Gasteiger partial charge in [-0.3, -0.25) is 9.36 Å². The number of carboxylic acid groups (broad SMARTS) is 1. The molecule has 2 N–H and O–H groups in total. The quantitative estimate of drug-likeness (QED) is 0.455. The van der Waals surface area contributed by atoms with Crippen LogP contribution in [0.1, 0.15) is 37.5 Å². The second-order valence-corrected chi connectivity index (χ2v) is 9.66. The lowest BCUT2D eigenvalue weighted by Crippen LogP contribution is -2.44. The summed E-state index contributed by atoms with van der Waals surface area (Å²) in [6.45, 7) is 6.06. The summed E-state index contributed by atoms with van der Waals surface area (Å²) in [6.07, 6.45) is 0.125. The summed E-state index contributed by atoms with van der Waals surface area (Å²) >= 11 is 6.34. The van der Waals surface area contributed by atoms with Gasteiger partial charge >= 0.3 is 17.3 Å². The highest BCUT2D eigenvalue weighted by Crippen LogP contribution is 2.27. The van der Waals surface area contributed by atoms with Crippen LogP contribution in [0.3, 0.4) is 0 Å². The van der Waals surface area contributed by atoms with Crippen molar-refractivity contribution in [3.8, 4) is 0 Å². The van der Waals surface area contributed by atoms with E-state index in [1.54, 1.807) is 18.2 Å². The average molecular weight is 503 g/mol. The van der Waals surface area contributed by atoms with Gasteiger partial charge in [0, 0.05) is 23.7 Å². The first-order valence-corrected chi connectivity index (χ1v) is 11.5. The number of aliphatic carboxylic acids is 1. The molecule has 35 heavy (non-hydrogen) atoms. The van der Waals surface area contributed by atoms with Gasteiger partial charge in [0.15, 0.2) is 0 Å². The summed E-state index contributed by atoms with van der Waals surface area (Å²) in [5.74, 6) is -2.11. The van der Waals surface area contributed by atoms with Crippen LogP contribution in [0.2, 0.25) is 5.02 Å². The minimum Gasteiger partial charge on any atom is -0.481 e. The number of aromatic nitrogens is 3. The molecule has 0 fully saturated rings. The minimum atomic E-state index is -1.44. The summed E-state index contributed by atoms with van der Waals surface area (Å²) in [5.41, 5.74) is -0.0899. The van der Waals surface area contributed by atoms with Crippen LogP contribution in [0.5, 0.6) is 0 Å². The Morgan fingerprint density at radius 2 is 1.83 bits per heavy atom. The minimum absolute atomic E-state index is 0.0190. The van der Waals surface area contributed by atoms with Gasteiger partial charge in [-0.1, -0.05) is 54.4 Å². The van der Waals surface area contributed by atoms with E-state index in [1.807, 2.05) is 31.2 Å². The first-order chi connectivity index (χ1) is 16.3. The number of carboxylic acids is 1. The number of anilines is 2. The van der Waals surface area contributed by atoms with E-state index in [2.05, 4.69) is 10.3 Å². The molecule has 8 nitrogen and oxygen atoms in total. The molecule has 0 saturated carbocycles. The van der Waals surface area contributed by atoms with Crippen molar-refractivity contribution in [1.82, 2.24) is 14.1 Å². The maximum atomic E-state index is 14.1. The van der Waals surface area contributed by atoms with Gasteiger partial charge < -0.3 is 10.4 Å². The molecule has 1 heterocycles. The molecule has 1 unspecified atom stereocenters. The number of nitrogens with one attached hydrogen (secondary N) is 1. The molecule has 0 aliphatic carbocycles. The predicted molar refractivity (Wildman–Crippen MR) is 133 cm³/mol. The maximum Gasteiger partial charge on any atom is 0.354 e. The molecule has 1 aromatic heterocycles. The summed E-state index contributed by atoms with van der Waals surface area (Å²) < 4.78 is 16.1. The molecule has 0 amide bonds. The van der Waals surface area contributed by atoms with Gasteiger partial charge in [-0.05, 0) is 44.0 Å². The highest BCUT2D eigenvalue weighted by atomic mass is 35.5. The van der Waals surface area contributed by atoms with Crippen LogP contribution in [0.25, 0.3) is 0 Å². The van der Waals surface area contributed by atoms with Gasteiger partial charge in [0.05, 0.1) is 12.5 Å². The summed E-state index contributed by atoms with van der Waals surface area (Å²) in [4.78, 5) is 41.3. The molecule has 0 saturated heterocycles. The van der Waals surface area contributed by atoms with Crippen LogP contribution in [0, 0.1) is 12.8 Å². The number of carbonyl (C=O) groups is 1. The number of aryl methyl sites for hydroxylation is 1. The van der Waals surface area contributed by atoms with Crippen molar-refractivity contribution in [2.75, 3.05) is 5.32 Å². The van der Waals surface area contributed by atoms with E-state index in [0.29, 0.717) is 16.3 Å². The van der Waals surface area contributed by atoms with Crippen LogP contribution in [0.15, 0.2) is 52.1 Å². The first kappa shape index (κ1) is 26.2. The Morgan fingerprint density at radius 1 is 1.17 bits per heavy atom. The number of hydrogen-bond acceptors (Lipinski definition) is 5. The van der Waals surface area contributed by atoms with Gasteiger partial charge in [-0.25, -0.2) is 18.5 Å². The SMILES string of the molecule is Cc1ccc(Cn2c(Nc3ccc(CC(C)(C)F)c(Cl)c3)nc(=O)n(CC(C)C(=O)O)c2=O)cc1. The molecular formula is C25H28ClFN4O4. The van der Waals surface area contributed by atoms with Crippen molar-refractivity contribution in [3.63, 3.8) is 0 Å². The van der Waals surface area contributed by atoms with Crippen molar-refractivity contribution < 1.29 is 14.3 Å². The third-order valence-electron chi connectivity index (χ3n) is 5.41. The van der Waals surface area contributed by atoms with Crippen LogP contribution in [0.4, 0.5) is 16.0 Å². The predicted octanol–water partition coefficient (Wildman–Crippen LogP) is 4.17. The molecule has 2 aromatic carbocycles. The fourth-order valence-corrected chi connectivity index (χ4v) is 3.75. The van der Waals surface area contributed by atoms with E-state index in [4.69, 9.17) is 11.6 Å². The fraction of sp³-hybridized carbons (Fsp3) is 0.360. The third-order valence-corrected chi connectivity index (χ3v) is 5.76. The van der Waals surface area contributed by atoms with Crippen molar-refractivity contribution in [3.05, 3.63) is 85.1 Å². The Bertz CT molecular complexity index is 1340. The number of nitrogens with zero attached hydrogens (tertiary/aromatic N) is 3. The van der Waals surface area contributed by atoms with Crippen LogP contribution >= 0.6 is 11.6 Å². The lowest BCUT2D eigenvalue weighted by molar-refractivity contribution is -0.141. The molecule has 0 aliphatic rings. The first-order valence-electron chi connectivity index (χ1n) is 11.1. The molecule has 3 rings (SSSR count). The highest BCUT2D eigenvalue weighted by Gasteiger charge is 2.20. The van der Waals surface area contributed by atoms with Crippen molar-refractivity contribution in [1.29, 1.82) is 0 Å². The molecule has 0 radical (unpaired) electrons. The van der Waals surface area contributed by atoms with Gasteiger partial charge in [0.25, 0.3) is 0 Å². The van der Waals surface area contributed by atoms with Crippen molar-refractivity contribution >= 4 is 29.2 Å². The Morgan fingerprint density at radius 3 is 2.40 bits per heavy atom. The molecular weight excluding hydrogens is 475 g/mol. The maximum absolute atomic E-state index is 14.1. The molecule has 0 spiro atoms. The van der Waals surface area contributed by atoms with Crippen molar-refractivity contribution in [2.24, 2.45) is 5.92 Å². The monoisotopic (exact) mass is 502 g/mol. The summed E-state index contributed by atoms with van der Waals surface area (Å²) in [6, 6.07) is 12.4.